The smallest absolute Gasteiger partial charge is 0.321 e. The second-order valence-corrected chi connectivity index (χ2v) is 6.32. The number of aromatic nitrogens is 2. The van der Waals surface area contributed by atoms with E-state index in [0.717, 1.165) is 24.5 Å². The minimum absolute atomic E-state index is 0.262. The van der Waals surface area contributed by atoms with Crippen LogP contribution in [-0.2, 0) is 13.0 Å². The molecule has 0 aliphatic carbocycles. The Morgan fingerprint density at radius 3 is 2.67 bits per heavy atom. The Labute approximate surface area is 158 Å². The van der Waals surface area contributed by atoms with E-state index in [1.807, 2.05) is 36.4 Å². The molecule has 1 N–H and O–H groups in total. The monoisotopic (exact) mass is 363 g/mol. The van der Waals surface area contributed by atoms with Crippen molar-refractivity contribution in [2.24, 2.45) is 0 Å². The molecule has 138 valence electrons. The van der Waals surface area contributed by atoms with Gasteiger partial charge in [-0.25, -0.2) is 9.97 Å². The number of para-hydroxylation sites is 1. The number of hydrogen-bond acceptors (Lipinski definition) is 6. The molecule has 0 fully saturated rings. The Balaban J connectivity index is 1.33. The van der Waals surface area contributed by atoms with Gasteiger partial charge >= 0.3 is 6.01 Å². The topological polar surface area (TPSA) is 65.5 Å². The summed E-state index contributed by atoms with van der Waals surface area (Å²) in [5.74, 6) is 2.37. The van der Waals surface area contributed by atoms with E-state index in [9.17, 15) is 0 Å². The molecule has 0 radical (unpaired) electrons. The van der Waals surface area contributed by atoms with E-state index in [1.54, 1.807) is 25.6 Å². The van der Waals surface area contributed by atoms with Gasteiger partial charge in [0.1, 0.15) is 12.4 Å². The van der Waals surface area contributed by atoms with Crippen LogP contribution in [0.2, 0.25) is 0 Å². The van der Waals surface area contributed by atoms with E-state index in [4.69, 9.17) is 14.2 Å². The molecule has 0 saturated carbocycles. The van der Waals surface area contributed by atoms with Crippen LogP contribution in [0.5, 0.6) is 23.3 Å². The summed E-state index contributed by atoms with van der Waals surface area (Å²) in [7, 11) is 1.67. The number of fused-ring (bicyclic) bond motifs is 1. The molecule has 0 amide bonds. The van der Waals surface area contributed by atoms with E-state index in [-0.39, 0.29) is 6.04 Å². The molecule has 4 rings (SSSR count). The van der Waals surface area contributed by atoms with Crippen molar-refractivity contribution >= 4 is 0 Å². The zero-order valence-electron chi connectivity index (χ0n) is 15.1. The summed E-state index contributed by atoms with van der Waals surface area (Å²) in [6.45, 7) is 1.38. The molecule has 2 heterocycles. The van der Waals surface area contributed by atoms with Crippen molar-refractivity contribution in [1.29, 1.82) is 0 Å². The van der Waals surface area contributed by atoms with Crippen molar-refractivity contribution in [3.63, 3.8) is 0 Å². The molecular weight excluding hydrogens is 342 g/mol. The zero-order valence-corrected chi connectivity index (χ0v) is 15.1. The van der Waals surface area contributed by atoms with Crippen LogP contribution in [0.4, 0.5) is 0 Å². The van der Waals surface area contributed by atoms with Crippen molar-refractivity contribution in [1.82, 2.24) is 15.3 Å². The lowest BCUT2D eigenvalue weighted by Crippen LogP contribution is -2.38. The van der Waals surface area contributed by atoms with Crippen molar-refractivity contribution < 1.29 is 14.2 Å². The second-order valence-electron chi connectivity index (χ2n) is 6.32. The highest BCUT2D eigenvalue weighted by molar-refractivity contribution is 5.48. The van der Waals surface area contributed by atoms with E-state index < -0.39 is 0 Å². The predicted octanol–water partition coefficient (Wildman–Crippen LogP) is 3.37. The molecule has 3 aromatic rings. The van der Waals surface area contributed by atoms with Gasteiger partial charge in [-0.2, -0.15) is 0 Å². The number of ether oxygens (including phenoxy) is 3. The highest BCUT2D eigenvalue weighted by Gasteiger charge is 2.22. The minimum Gasteiger partial charge on any atom is -0.493 e. The lowest BCUT2D eigenvalue weighted by Gasteiger charge is -2.27. The predicted molar refractivity (Wildman–Crippen MR) is 101 cm³/mol. The van der Waals surface area contributed by atoms with Crippen LogP contribution in [0.15, 0.2) is 60.9 Å². The third-order valence-electron chi connectivity index (χ3n) is 4.44. The third-order valence-corrected chi connectivity index (χ3v) is 4.44. The van der Waals surface area contributed by atoms with Crippen LogP contribution in [0.1, 0.15) is 11.1 Å². The average Bonchev–Trinajstić information content (AvgIpc) is 2.73. The van der Waals surface area contributed by atoms with E-state index in [2.05, 4.69) is 21.4 Å². The number of nitrogens with zero attached hydrogens (tertiary/aromatic N) is 2. The molecule has 0 unspecified atom stereocenters. The van der Waals surface area contributed by atoms with Crippen LogP contribution in [0, 0.1) is 0 Å². The third kappa shape index (κ3) is 4.17. The number of nitrogens with one attached hydrogen (secondary N) is 1. The molecule has 0 bridgehead atoms. The normalized spacial score (nSPS) is 15.5. The van der Waals surface area contributed by atoms with Gasteiger partial charge in [-0.1, -0.05) is 24.3 Å². The quantitative estimate of drug-likeness (QED) is 0.724. The highest BCUT2D eigenvalue weighted by Crippen LogP contribution is 2.34. The summed E-state index contributed by atoms with van der Waals surface area (Å²) in [4.78, 5) is 8.11. The largest absolute Gasteiger partial charge is 0.493 e. The van der Waals surface area contributed by atoms with E-state index >= 15 is 0 Å². The standard InChI is InChI=1S/C21H21N3O3/c1-25-19-5-2-4-16-12-17(14-26-20(16)19)24-13-15-6-8-18(9-7-15)27-21-22-10-3-11-23-21/h2-11,17,24H,12-14H2,1H3/t17-/m0/s1. The summed E-state index contributed by atoms with van der Waals surface area (Å²) in [5, 5.41) is 3.55. The maximum Gasteiger partial charge on any atom is 0.321 e. The Hall–Kier alpha value is -3.12. The molecule has 0 saturated heterocycles. The molecular formula is C21H21N3O3. The first-order chi connectivity index (χ1) is 13.3. The maximum atomic E-state index is 5.91. The van der Waals surface area contributed by atoms with Crippen LogP contribution in [0.25, 0.3) is 0 Å². The Morgan fingerprint density at radius 2 is 1.89 bits per heavy atom. The van der Waals surface area contributed by atoms with Crippen molar-refractivity contribution in [3.8, 4) is 23.3 Å². The molecule has 0 spiro atoms. The Morgan fingerprint density at radius 1 is 1.07 bits per heavy atom. The fourth-order valence-corrected chi connectivity index (χ4v) is 3.07. The average molecular weight is 363 g/mol. The number of benzene rings is 2. The summed E-state index contributed by atoms with van der Waals surface area (Å²) >= 11 is 0. The van der Waals surface area contributed by atoms with Crippen LogP contribution >= 0.6 is 0 Å². The number of hydrogen-bond donors (Lipinski definition) is 1. The zero-order chi connectivity index (χ0) is 18.5. The van der Waals surface area contributed by atoms with Crippen LogP contribution in [-0.4, -0.2) is 29.7 Å². The van der Waals surface area contributed by atoms with Gasteiger partial charge in [0, 0.05) is 25.0 Å². The SMILES string of the molecule is COc1cccc2c1OC[C@@H](NCc1ccc(Oc3ncccn3)cc1)C2. The molecule has 27 heavy (non-hydrogen) atoms. The van der Waals surface area contributed by atoms with Gasteiger partial charge in [0.05, 0.1) is 7.11 Å². The highest BCUT2D eigenvalue weighted by atomic mass is 16.5. The number of methoxy groups -OCH3 is 1. The molecule has 6 nitrogen and oxygen atoms in total. The molecule has 1 atom stereocenters. The van der Waals surface area contributed by atoms with Gasteiger partial charge in [-0.05, 0) is 41.8 Å². The first-order valence-corrected chi connectivity index (χ1v) is 8.87. The van der Waals surface area contributed by atoms with Gasteiger partial charge in [0.15, 0.2) is 11.5 Å². The van der Waals surface area contributed by atoms with Crippen molar-refractivity contribution in [3.05, 3.63) is 72.1 Å². The van der Waals surface area contributed by atoms with Gasteiger partial charge in [-0.15, -0.1) is 0 Å². The number of rotatable bonds is 6. The van der Waals surface area contributed by atoms with Crippen LogP contribution < -0.4 is 19.5 Å². The summed E-state index contributed by atoms with van der Waals surface area (Å²) in [6, 6.07) is 16.3. The van der Waals surface area contributed by atoms with Crippen molar-refractivity contribution in [2.75, 3.05) is 13.7 Å². The van der Waals surface area contributed by atoms with Gasteiger partial charge < -0.3 is 19.5 Å². The Bertz CT molecular complexity index is 885. The Kier molecular flexibility index (Phi) is 5.16. The molecule has 1 aliphatic rings. The summed E-state index contributed by atoms with van der Waals surface area (Å²) < 4.78 is 16.9. The fourth-order valence-electron chi connectivity index (χ4n) is 3.07. The van der Waals surface area contributed by atoms with E-state index in [1.165, 1.54) is 11.1 Å². The fraction of sp³-hybridized carbons (Fsp3) is 0.238. The summed E-state index contributed by atoms with van der Waals surface area (Å²) in [6.07, 6.45) is 4.22. The van der Waals surface area contributed by atoms with Gasteiger partial charge in [0.2, 0.25) is 0 Å². The first-order valence-electron chi connectivity index (χ1n) is 8.87. The first kappa shape index (κ1) is 17.3. The summed E-state index contributed by atoms with van der Waals surface area (Å²) in [5.41, 5.74) is 2.34. The van der Waals surface area contributed by atoms with E-state index in [0.29, 0.717) is 18.4 Å². The second kappa shape index (κ2) is 8.05. The molecule has 1 aliphatic heterocycles. The van der Waals surface area contributed by atoms with Gasteiger partial charge in [0.25, 0.3) is 0 Å². The maximum absolute atomic E-state index is 5.91. The molecule has 2 aromatic carbocycles. The molecule has 6 heteroatoms. The molecule has 1 aromatic heterocycles. The van der Waals surface area contributed by atoms with Gasteiger partial charge in [-0.3, -0.25) is 0 Å². The lowest BCUT2D eigenvalue weighted by molar-refractivity contribution is 0.226. The van der Waals surface area contributed by atoms with Crippen molar-refractivity contribution in [2.45, 2.75) is 19.0 Å². The minimum atomic E-state index is 0.262. The van der Waals surface area contributed by atoms with Crippen LogP contribution in [0.3, 0.4) is 0 Å². The lowest BCUT2D eigenvalue weighted by atomic mass is 10.0.